The molecule has 128 valence electrons. The van der Waals surface area contributed by atoms with Crippen molar-refractivity contribution in [2.45, 2.75) is 71.2 Å². The fraction of sp³-hybridized carbons (Fsp3) is 0.632. The van der Waals surface area contributed by atoms with Gasteiger partial charge in [-0.15, -0.1) is 0 Å². The van der Waals surface area contributed by atoms with Crippen molar-refractivity contribution in [1.29, 1.82) is 0 Å². The quantitative estimate of drug-likeness (QED) is 0.914. The summed E-state index contributed by atoms with van der Waals surface area (Å²) in [5.41, 5.74) is 0.873. The lowest BCUT2D eigenvalue weighted by molar-refractivity contribution is 0.0433. The van der Waals surface area contributed by atoms with E-state index in [2.05, 4.69) is 41.4 Å². The van der Waals surface area contributed by atoms with Crippen molar-refractivity contribution >= 4 is 6.09 Å². The molecular formula is C19H30N2O2. The van der Waals surface area contributed by atoms with Gasteiger partial charge in [-0.25, -0.2) is 4.79 Å². The molecule has 2 rings (SSSR count). The number of amides is 1. The Bertz CT molecular complexity index is 496. The number of benzene rings is 1. The smallest absolute Gasteiger partial charge is 0.407 e. The monoisotopic (exact) mass is 318 g/mol. The van der Waals surface area contributed by atoms with E-state index in [0.29, 0.717) is 6.04 Å². The molecule has 0 bridgehead atoms. The Morgan fingerprint density at radius 1 is 1.26 bits per heavy atom. The molecular weight excluding hydrogens is 288 g/mol. The molecule has 1 fully saturated rings. The number of nitrogens with one attached hydrogen (secondary N) is 1. The van der Waals surface area contributed by atoms with E-state index in [1.807, 2.05) is 26.8 Å². The van der Waals surface area contributed by atoms with E-state index in [0.717, 1.165) is 32.4 Å². The summed E-state index contributed by atoms with van der Waals surface area (Å²) in [6.07, 6.45) is 2.97. The Kier molecular flexibility index (Phi) is 6.05. The zero-order valence-electron chi connectivity index (χ0n) is 14.8. The van der Waals surface area contributed by atoms with Crippen LogP contribution in [0, 0.1) is 0 Å². The Morgan fingerprint density at radius 2 is 1.96 bits per heavy atom. The average Bonchev–Trinajstić information content (AvgIpc) is 2.46. The lowest BCUT2D eigenvalue weighted by Crippen LogP contribution is -2.52. The van der Waals surface area contributed by atoms with Crippen molar-refractivity contribution in [3.63, 3.8) is 0 Å². The largest absolute Gasteiger partial charge is 0.444 e. The molecule has 0 unspecified atom stereocenters. The number of ether oxygens (including phenoxy) is 1. The second-order valence-electron chi connectivity index (χ2n) is 7.40. The number of hydrogen-bond donors (Lipinski definition) is 1. The van der Waals surface area contributed by atoms with Gasteiger partial charge in [-0.2, -0.15) is 0 Å². The molecule has 0 radical (unpaired) electrons. The van der Waals surface area contributed by atoms with Crippen molar-refractivity contribution in [2.24, 2.45) is 0 Å². The van der Waals surface area contributed by atoms with Crippen LogP contribution in [0.3, 0.4) is 0 Å². The molecule has 1 aliphatic rings. The lowest BCUT2D eigenvalue weighted by atomic mass is 9.96. The molecule has 1 aliphatic heterocycles. The van der Waals surface area contributed by atoms with Crippen LogP contribution in [0.4, 0.5) is 4.79 Å². The summed E-state index contributed by atoms with van der Waals surface area (Å²) in [5.74, 6) is 0. The number of rotatable bonds is 4. The van der Waals surface area contributed by atoms with Gasteiger partial charge in [-0.1, -0.05) is 37.3 Å². The minimum Gasteiger partial charge on any atom is -0.444 e. The summed E-state index contributed by atoms with van der Waals surface area (Å²) in [7, 11) is 0. The number of hydrogen-bond acceptors (Lipinski definition) is 3. The minimum atomic E-state index is -0.450. The van der Waals surface area contributed by atoms with E-state index in [1.165, 1.54) is 5.56 Å². The second kappa shape index (κ2) is 7.82. The zero-order valence-corrected chi connectivity index (χ0v) is 14.8. The normalized spacial score (nSPS) is 22.6. The highest BCUT2D eigenvalue weighted by Crippen LogP contribution is 2.22. The fourth-order valence-corrected chi connectivity index (χ4v) is 3.17. The van der Waals surface area contributed by atoms with Gasteiger partial charge in [0.2, 0.25) is 0 Å². The molecule has 0 aromatic heterocycles. The molecule has 1 N–H and O–H groups in total. The average molecular weight is 318 g/mol. The topological polar surface area (TPSA) is 41.6 Å². The first-order valence-electron chi connectivity index (χ1n) is 8.65. The Morgan fingerprint density at radius 3 is 2.57 bits per heavy atom. The number of piperidine rings is 1. The van der Waals surface area contributed by atoms with Crippen LogP contribution in [-0.2, 0) is 11.3 Å². The van der Waals surface area contributed by atoms with E-state index in [9.17, 15) is 4.79 Å². The first kappa shape index (κ1) is 17.8. The van der Waals surface area contributed by atoms with Gasteiger partial charge in [0.15, 0.2) is 0 Å². The van der Waals surface area contributed by atoms with Crippen molar-refractivity contribution < 1.29 is 9.53 Å². The molecule has 0 aliphatic carbocycles. The maximum absolute atomic E-state index is 12.0. The van der Waals surface area contributed by atoms with Crippen molar-refractivity contribution in [1.82, 2.24) is 10.2 Å². The summed E-state index contributed by atoms with van der Waals surface area (Å²) in [6.45, 7) is 9.73. The highest BCUT2D eigenvalue weighted by Gasteiger charge is 2.29. The van der Waals surface area contributed by atoms with Gasteiger partial charge in [-0.3, -0.25) is 4.90 Å². The van der Waals surface area contributed by atoms with Crippen LogP contribution in [-0.4, -0.2) is 35.2 Å². The molecule has 0 spiro atoms. The van der Waals surface area contributed by atoms with E-state index in [-0.39, 0.29) is 12.1 Å². The van der Waals surface area contributed by atoms with Crippen LogP contribution in [0.25, 0.3) is 0 Å². The first-order valence-corrected chi connectivity index (χ1v) is 8.65. The molecule has 4 heteroatoms. The number of likely N-dealkylation sites (tertiary alicyclic amines) is 1. The summed E-state index contributed by atoms with van der Waals surface area (Å²) in [6, 6.07) is 11.3. The molecule has 4 nitrogen and oxygen atoms in total. The highest BCUT2D eigenvalue weighted by molar-refractivity contribution is 5.68. The van der Waals surface area contributed by atoms with E-state index < -0.39 is 5.60 Å². The van der Waals surface area contributed by atoms with Crippen LogP contribution in [0.15, 0.2) is 30.3 Å². The van der Waals surface area contributed by atoms with Gasteiger partial charge >= 0.3 is 6.09 Å². The predicted octanol–water partition coefficient (Wildman–Crippen LogP) is 3.95. The lowest BCUT2D eigenvalue weighted by Gasteiger charge is -2.39. The van der Waals surface area contributed by atoms with Crippen LogP contribution < -0.4 is 5.32 Å². The highest BCUT2D eigenvalue weighted by atomic mass is 16.6. The third-order valence-corrected chi connectivity index (χ3v) is 4.24. The summed E-state index contributed by atoms with van der Waals surface area (Å²) in [5, 5.41) is 3.03. The predicted molar refractivity (Wildman–Crippen MR) is 93.3 cm³/mol. The molecule has 23 heavy (non-hydrogen) atoms. The van der Waals surface area contributed by atoms with Crippen molar-refractivity contribution in [3.05, 3.63) is 35.9 Å². The Labute approximate surface area is 140 Å². The fourth-order valence-electron chi connectivity index (χ4n) is 3.17. The van der Waals surface area contributed by atoms with E-state index in [1.54, 1.807) is 0 Å². The minimum absolute atomic E-state index is 0.163. The first-order chi connectivity index (χ1) is 10.9. The van der Waals surface area contributed by atoms with Gasteiger partial charge in [0.1, 0.15) is 5.60 Å². The number of carbonyl (C=O) groups excluding carboxylic acids is 1. The molecule has 2 atom stereocenters. The van der Waals surface area contributed by atoms with Gasteiger partial charge in [0.05, 0.1) is 0 Å². The number of nitrogens with zero attached hydrogens (tertiary/aromatic N) is 1. The van der Waals surface area contributed by atoms with Crippen LogP contribution in [0.1, 0.15) is 52.5 Å². The van der Waals surface area contributed by atoms with E-state index in [4.69, 9.17) is 4.74 Å². The Balaban J connectivity index is 1.93. The standard InChI is InChI=1S/C19H30N2O2/c1-5-17-12-11-16(20-18(22)23-19(2,3)4)14-21(17)13-15-9-7-6-8-10-15/h6-10,16-17H,5,11-14H2,1-4H3,(H,20,22)/t16-,17+/m0/s1. The molecule has 1 aromatic rings. The van der Waals surface area contributed by atoms with Gasteiger partial charge < -0.3 is 10.1 Å². The van der Waals surface area contributed by atoms with Gasteiger partial charge in [0.25, 0.3) is 0 Å². The van der Waals surface area contributed by atoms with Gasteiger partial charge in [0, 0.05) is 25.2 Å². The van der Waals surface area contributed by atoms with Crippen LogP contribution in [0.2, 0.25) is 0 Å². The SMILES string of the molecule is CC[C@@H]1CC[C@H](NC(=O)OC(C)(C)C)CN1Cc1ccccc1. The number of carbonyl (C=O) groups is 1. The zero-order chi connectivity index (χ0) is 16.9. The summed E-state index contributed by atoms with van der Waals surface area (Å²) in [4.78, 5) is 14.5. The van der Waals surface area contributed by atoms with Gasteiger partial charge in [-0.05, 0) is 45.6 Å². The molecule has 1 heterocycles. The number of alkyl carbamates (subject to hydrolysis) is 1. The molecule has 1 aromatic carbocycles. The molecule has 1 amide bonds. The molecule has 0 saturated carbocycles. The van der Waals surface area contributed by atoms with Crippen molar-refractivity contribution in [3.8, 4) is 0 Å². The third-order valence-electron chi connectivity index (χ3n) is 4.24. The maximum atomic E-state index is 12.0. The third kappa shape index (κ3) is 5.87. The van der Waals surface area contributed by atoms with Crippen molar-refractivity contribution in [2.75, 3.05) is 6.54 Å². The second-order valence-corrected chi connectivity index (χ2v) is 7.40. The molecule has 1 saturated heterocycles. The summed E-state index contributed by atoms with van der Waals surface area (Å²) >= 11 is 0. The maximum Gasteiger partial charge on any atom is 0.407 e. The van der Waals surface area contributed by atoms with E-state index >= 15 is 0 Å². The Hall–Kier alpha value is -1.55. The summed E-state index contributed by atoms with van der Waals surface area (Å²) < 4.78 is 5.38. The van der Waals surface area contributed by atoms with Crippen LogP contribution >= 0.6 is 0 Å². The van der Waals surface area contributed by atoms with Crippen LogP contribution in [0.5, 0.6) is 0 Å².